The molecule has 0 fully saturated rings. The van der Waals surface area contributed by atoms with Crippen LogP contribution in [0.2, 0.25) is 0 Å². The predicted molar refractivity (Wildman–Crippen MR) is 72.0 cm³/mol. The Hall–Kier alpha value is -1.42. The normalized spacial score (nSPS) is 11.6. The van der Waals surface area contributed by atoms with Gasteiger partial charge in [-0.2, -0.15) is 0 Å². The molecule has 1 heterocycles. The summed E-state index contributed by atoms with van der Waals surface area (Å²) in [5, 5.41) is 3.36. The van der Waals surface area contributed by atoms with E-state index in [-0.39, 0.29) is 5.82 Å². The fourth-order valence-corrected chi connectivity index (χ4v) is 2.05. The maximum atomic E-state index is 13.3. The van der Waals surface area contributed by atoms with Crippen molar-refractivity contribution in [3.63, 3.8) is 0 Å². The van der Waals surface area contributed by atoms with Crippen LogP contribution in [0.4, 0.5) is 4.39 Å². The average Bonchev–Trinajstić information content (AvgIpc) is 2.65. The highest BCUT2D eigenvalue weighted by Gasteiger charge is 2.10. The Morgan fingerprint density at radius 3 is 2.83 bits per heavy atom. The molecular weight excluding hydrogens is 229 g/mol. The van der Waals surface area contributed by atoms with Crippen molar-refractivity contribution in [2.45, 2.75) is 46.3 Å². The second-order valence-electron chi connectivity index (χ2n) is 4.85. The molecule has 0 saturated carbocycles. The summed E-state index contributed by atoms with van der Waals surface area (Å²) in [7, 11) is 0. The second kappa shape index (κ2) is 5.48. The first-order valence-electron chi connectivity index (χ1n) is 6.50. The third-order valence-corrected chi connectivity index (χ3v) is 2.90. The summed E-state index contributed by atoms with van der Waals surface area (Å²) in [6.07, 6.45) is 1.01. The van der Waals surface area contributed by atoms with E-state index in [9.17, 15) is 4.39 Å². The van der Waals surface area contributed by atoms with E-state index in [4.69, 9.17) is 0 Å². The number of rotatable bonds is 5. The van der Waals surface area contributed by atoms with Gasteiger partial charge in [0.15, 0.2) is 0 Å². The van der Waals surface area contributed by atoms with Crippen molar-refractivity contribution in [3.8, 4) is 0 Å². The van der Waals surface area contributed by atoms with Crippen molar-refractivity contribution >= 4 is 11.0 Å². The Labute approximate surface area is 107 Å². The van der Waals surface area contributed by atoms with Gasteiger partial charge < -0.3 is 9.88 Å². The van der Waals surface area contributed by atoms with Crippen molar-refractivity contribution in [1.82, 2.24) is 14.9 Å². The maximum absolute atomic E-state index is 13.3. The molecule has 0 amide bonds. The van der Waals surface area contributed by atoms with Crippen LogP contribution in [0.25, 0.3) is 11.0 Å². The average molecular weight is 249 g/mol. The Bertz CT molecular complexity index is 531. The van der Waals surface area contributed by atoms with E-state index >= 15 is 0 Å². The zero-order valence-electron chi connectivity index (χ0n) is 11.2. The molecule has 0 aliphatic rings. The van der Waals surface area contributed by atoms with Crippen LogP contribution in [0.15, 0.2) is 18.2 Å². The monoisotopic (exact) mass is 249 g/mol. The van der Waals surface area contributed by atoms with Gasteiger partial charge in [-0.3, -0.25) is 0 Å². The first-order valence-corrected chi connectivity index (χ1v) is 6.50. The van der Waals surface area contributed by atoms with Gasteiger partial charge in [-0.05, 0) is 24.6 Å². The van der Waals surface area contributed by atoms with Gasteiger partial charge in [0.1, 0.15) is 11.6 Å². The molecule has 0 radical (unpaired) electrons. The van der Waals surface area contributed by atoms with Gasteiger partial charge >= 0.3 is 0 Å². The van der Waals surface area contributed by atoms with E-state index < -0.39 is 0 Å². The van der Waals surface area contributed by atoms with Gasteiger partial charge in [0.05, 0.1) is 17.6 Å². The minimum absolute atomic E-state index is 0.205. The summed E-state index contributed by atoms with van der Waals surface area (Å²) >= 11 is 0. The van der Waals surface area contributed by atoms with Crippen LogP contribution in [-0.4, -0.2) is 15.6 Å². The first kappa shape index (κ1) is 13.0. The van der Waals surface area contributed by atoms with Gasteiger partial charge in [-0.25, -0.2) is 9.37 Å². The molecule has 3 nitrogen and oxygen atoms in total. The SMILES string of the molecule is CCCn1c(CNC(C)C)nc2ccc(F)cc21. The number of benzene rings is 1. The highest BCUT2D eigenvalue weighted by molar-refractivity contribution is 5.76. The molecular formula is C14H20FN3. The topological polar surface area (TPSA) is 29.9 Å². The van der Waals surface area contributed by atoms with E-state index in [1.807, 2.05) is 0 Å². The lowest BCUT2D eigenvalue weighted by atomic mass is 10.3. The van der Waals surface area contributed by atoms with Crippen molar-refractivity contribution in [3.05, 3.63) is 29.8 Å². The summed E-state index contributed by atoms with van der Waals surface area (Å²) in [4.78, 5) is 4.58. The van der Waals surface area contributed by atoms with Gasteiger partial charge in [0.2, 0.25) is 0 Å². The van der Waals surface area contributed by atoms with E-state index in [0.717, 1.165) is 29.8 Å². The fraction of sp³-hybridized carbons (Fsp3) is 0.500. The van der Waals surface area contributed by atoms with E-state index in [1.54, 1.807) is 12.1 Å². The Morgan fingerprint density at radius 1 is 1.39 bits per heavy atom. The Morgan fingerprint density at radius 2 is 2.17 bits per heavy atom. The van der Waals surface area contributed by atoms with Crippen LogP contribution in [-0.2, 0) is 13.1 Å². The number of fused-ring (bicyclic) bond motifs is 1. The number of aromatic nitrogens is 2. The van der Waals surface area contributed by atoms with Crippen LogP contribution >= 0.6 is 0 Å². The summed E-state index contributed by atoms with van der Waals surface area (Å²) in [6.45, 7) is 7.91. The van der Waals surface area contributed by atoms with Gasteiger partial charge in [0, 0.05) is 12.6 Å². The summed E-state index contributed by atoms with van der Waals surface area (Å²) in [5.74, 6) is 0.772. The van der Waals surface area contributed by atoms with Gasteiger partial charge in [0.25, 0.3) is 0 Å². The predicted octanol–water partition coefficient (Wildman–Crippen LogP) is 3.08. The number of imidazole rings is 1. The van der Waals surface area contributed by atoms with Crippen molar-refractivity contribution in [2.75, 3.05) is 0 Å². The summed E-state index contributed by atoms with van der Waals surface area (Å²) in [6, 6.07) is 5.19. The molecule has 2 aromatic rings. The maximum Gasteiger partial charge on any atom is 0.125 e. The number of nitrogens with one attached hydrogen (secondary N) is 1. The van der Waals surface area contributed by atoms with Crippen LogP contribution in [0.3, 0.4) is 0 Å². The quantitative estimate of drug-likeness (QED) is 0.882. The highest BCUT2D eigenvalue weighted by atomic mass is 19.1. The number of nitrogens with zero attached hydrogens (tertiary/aromatic N) is 2. The molecule has 0 unspecified atom stereocenters. The summed E-state index contributed by atoms with van der Waals surface area (Å²) < 4.78 is 15.4. The molecule has 4 heteroatoms. The van der Waals surface area contributed by atoms with Crippen molar-refractivity contribution < 1.29 is 4.39 Å². The van der Waals surface area contributed by atoms with Crippen molar-refractivity contribution in [2.24, 2.45) is 0 Å². The largest absolute Gasteiger partial charge is 0.327 e. The minimum atomic E-state index is -0.205. The van der Waals surface area contributed by atoms with E-state index in [0.29, 0.717) is 12.6 Å². The minimum Gasteiger partial charge on any atom is -0.327 e. The fourth-order valence-electron chi connectivity index (χ4n) is 2.05. The highest BCUT2D eigenvalue weighted by Crippen LogP contribution is 2.18. The standard InChI is InChI=1S/C14H20FN3/c1-4-7-18-13-8-11(15)5-6-12(13)17-14(18)9-16-10(2)3/h5-6,8,10,16H,4,7,9H2,1-3H3. The molecule has 18 heavy (non-hydrogen) atoms. The third kappa shape index (κ3) is 2.70. The number of halogens is 1. The third-order valence-electron chi connectivity index (χ3n) is 2.90. The second-order valence-corrected chi connectivity index (χ2v) is 4.85. The molecule has 0 spiro atoms. The lowest BCUT2D eigenvalue weighted by Gasteiger charge is -2.10. The first-order chi connectivity index (χ1) is 8.61. The Kier molecular flexibility index (Phi) is 3.97. The van der Waals surface area contributed by atoms with E-state index in [2.05, 4.69) is 35.6 Å². The smallest absolute Gasteiger partial charge is 0.125 e. The summed E-state index contributed by atoms with van der Waals surface area (Å²) in [5.41, 5.74) is 1.75. The molecule has 98 valence electrons. The number of aryl methyl sites for hydroxylation is 1. The Balaban J connectivity index is 2.41. The molecule has 0 aliphatic heterocycles. The van der Waals surface area contributed by atoms with Crippen molar-refractivity contribution in [1.29, 1.82) is 0 Å². The van der Waals surface area contributed by atoms with Crippen LogP contribution in [0, 0.1) is 5.82 Å². The lowest BCUT2D eigenvalue weighted by molar-refractivity contribution is 0.546. The molecule has 1 N–H and O–H groups in total. The van der Waals surface area contributed by atoms with Crippen LogP contribution in [0.1, 0.15) is 33.0 Å². The van der Waals surface area contributed by atoms with E-state index in [1.165, 1.54) is 6.07 Å². The van der Waals surface area contributed by atoms with Crippen LogP contribution < -0.4 is 5.32 Å². The number of hydrogen-bond acceptors (Lipinski definition) is 2. The molecule has 1 aromatic carbocycles. The molecule has 2 rings (SSSR count). The molecule has 0 bridgehead atoms. The van der Waals surface area contributed by atoms with Gasteiger partial charge in [-0.1, -0.05) is 20.8 Å². The number of hydrogen-bond donors (Lipinski definition) is 1. The molecule has 0 saturated heterocycles. The lowest BCUT2D eigenvalue weighted by Crippen LogP contribution is -2.24. The zero-order valence-corrected chi connectivity index (χ0v) is 11.2. The molecule has 0 atom stereocenters. The zero-order chi connectivity index (χ0) is 13.1. The van der Waals surface area contributed by atoms with Gasteiger partial charge in [-0.15, -0.1) is 0 Å². The molecule has 0 aliphatic carbocycles. The molecule has 1 aromatic heterocycles. The van der Waals surface area contributed by atoms with Crippen LogP contribution in [0.5, 0.6) is 0 Å².